The maximum atomic E-state index is 13.3. The van der Waals surface area contributed by atoms with Crippen LogP contribution in [0.15, 0.2) is 40.8 Å². The predicted molar refractivity (Wildman–Crippen MR) is 125 cm³/mol. The SMILES string of the molecule is C[C@@H]1CCC[C@H](C)N1CCCCCN1C(=O)C(c2ccc(C(=N)N)o2)Oc2ccccc21. The topological polar surface area (TPSA) is 95.8 Å². The summed E-state index contributed by atoms with van der Waals surface area (Å²) in [6.45, 7) is 6.44. The van der Waals surface area contributed by atoms with E-state index >= 15 is 0 Å². The van der Waals surface area contributed by atoms with Gasteiger partial charge in [-0.15, -0.1) is 0 Å². The van der Waals surface area contributed by atoms with Gasteiger partial charge in [0.1, 0.15) is 5.75 Å². The Morgan fingerprint density at radius 1 is 1.06 bits per heavy atom. The van der Waals surface area contributed by atoms with Gasteiger partial charge in [-0.25, -0.2) is 0 Å². The van der Waals surface area contributed by atoms with Gasteiger partial charge in [0.15, 0.2) is 17.4 Å². The smallest absolute Gasteiger partial charge is 0.276 e. The molecule has 1 fully saturated rings. The number of likely N-dealkylation sites (tertiary alicyclic amines) is 1. The van der Waals surface area contributed by atoms with E-state index in [9.17, 15) is 4.79 Å². The average molecular weight is 439 g/mol. The van der Waals surface area contributed by atoms with Crippen LogP contribution < -0.4 is 15.4 Å². The van der Waals surface area contributed by atoms with Crippen molar-refractivity contribution in [3.05, 3.63) is 47.9 Å². The number of hydrogen-bond donors (Lipinski definition) is 2. The molecule has 7 nitrogen and oxygen atoms in total. The van der Waals surface area contributed by atoms with Crippen molar-refractivity contribution in [2.45, 2.75) is 70.6 Å². The quantitative estimate of drug-likeness (QED) is 0.360. The highest BCUT2D eigenvalue weighted by Gasteiger charge is 2.37. The maximum absolute atomic E-state index is 13.3. The van der Waals surface area contributed by atoms with E-state index in [-0.39, 0.29) is 17.5 Å². The fourth-order valence-electron chi connectivity index (χ4n) is 4.92. The lowest BCUT2D eigenvalue weighted by Gasteiger charge is -2.39. The molecule has 3 heterocycles. The molecule has 0 aliphatic carbocycles. The second-order valence-corrected chi connectivity index (χ2v) is 9.00. The molecule has 2 aliphatic rings. The number of ether oxygens (including phenoxy) is 1. The number of carbonyl (C=O) groups is 1. The zero-order chi connectivity index (χ0) is 22.7. The summed E-state index contributed by atoms with van der Waals surface area (Å²) in [6, 6.07) is 12.2. The van der Waals surface area contributed by atoms with Gasteiger partial charge in [-0.05, 0) is 70.3 Å². The van der Waals surface area contributed by atoms with E-state index in [1.165, 1.54) is 19.3 Å². The molecule has 2 aliphatic heterocycles. The van der Waals surface area contributed by atoms with Gasteiger partial charge in [0.2, 0.25) is 6.10 Å². The van der Waals surface area contributed by atoms with Crippen LogP contribution in [0.25, 0.3) is 0 Å². The number of furan rings is 1. The third kappa shape index (κ3) is 4.67. The first kappa shape index (κ1) is 22.4. The van der Waals surface area contributed by atoms with Gasteiger partial charge < -0.3 is 19.8 Å². The van der Waals surface area contributed by atoms with Crippen molar-refractivity contribution in [1.29, 1.82) is 5.41 Å². The van der Waals surface area contributed by atoms with Crippen LogP contribution in [0.4, 0.5) is 5.69 Å². The van der Waals surface area contributed by atoms with Crippen molar-refractivity contribution in [3.8, 4) is 5.75 Å². The van der Waals surface area contributed by atoms with Crippen LogP contribution in [0.2, 0.25) is 0 Å². The summed E-state index contributed by atoms with van der Waals surface area (Å²) in [5.41, 5.74) is 6.31. The third-order valence-corrected chi connectivity index (χ3v) is 6.72. The largest absolute Gasteiger partial charge is 0.470 e. The summed E-state index contributed by atoms with van der Waals surface area (Å²) in [5.74, 6) is 0.949. The summed E-state index contributed by atoms with van der Waals surface area (Å²) < 4.78 is 11.6. The molecule has 172 valence electrons. The first-order valence-corrected chi connectivity index (χ1v) is 11.7. The summed E-state index contributed by atoms with van der Waals surface area (Å²) in [4.78, 5) is 17.8. The Morgan fingerprint density at radius 3 is 2.50 bits per heavy atom. The molecular formula is C25H34N4O3. The minimum Gasteiger partial charge on any atom is -0.470 e. The number of nitrogen functional groups attached to an aromatic ring is 1. The number of anilines is 1. The molecule has 0 bridgehead atoms. The summed E-state index contributed by atoms with van der Waals surface area (Å²) in [5, 5.41) is 7.54. The molecule has 3 N–H and O–H groups in total. The number of amidine groups is 1. The highest BCUT2D eigenvalue weighted by molar-refractivity contribution is 6.00. The van der Waals surface area contributed by atoms with Crippen LogP contribution in [0.5, 0.6) is 5.75 Å². The van der Waals surface area contributed by atoms with Gasteiger partial charge in [-0.2, -0.15) is 0 Å². The fraction of sp³-hybridized carbons (Fsp3) is 0.520. The Morgan fingerprint density at radius 2 is 1.78 bits per heavy atom. The van der Waals surface area contributed by atoms with Crippen molar-refractivity contribution in [2.75, 3.05) is 18.0 Å². The molecule has 1 amide bonds. The van der Waals surface area contributed by atoms with E-state index in [0.29, 0.717) is 30.1 Å². The van der Waals surface area contributed by atoms with E-state index in [1.807, 2.05) is 29.2 Å². The summed E-state index contributed by atoms with van der Waals surface area (Å²) in [7, 11) is 0. The summed E-state index contributed by atoms with van der Waals surface area (Å²) in [6.07, 6.45) is 6.20. The molecule has 32 heavy (non-hydrogen) atoms. The fourth-order valence-corrected chi connectivity index (χ4v) is 4.92. The normalized spacial score (nSPS) is 23.6. The number of carbonyl (C=O) groups excluding carboxylic acids is 1. The molecule has 7 heteroatoms. The lowest BCUT2D eigenvalue weighted by Crippen LogP contribution is -2.44. The molecular weight excluding hydrogens is 404 g/mol. The zero-order valence-corrected chi connectivity index (χ0v) is 19.0. The van der Waals surface area contributed by atoms with E-state index in [0.717, 1.165) is 31.5 Å². The van der Waals surface area contributed by atoms with Gasteiger partial charge in [0.25, 0.3) is 5.91 Å². The van der Waals surface area contributed by atoms with Gasteiger partial charge in [-0.3, -0.25) is 15.1 Å². The number of hydrogen-bond acceptors (Lipinski definition) is 5. The molecule has 1 aromatic heterocycles. The lowest BCUT2D eigenvalue weighted by atomic mass is 9.97. The zero-order valence-electron chi connectivity index (χ0n) is 19.0. The first-order valence-electron chi connectivity index (χ1n) is 11.7. The maximum Gasteiger partial charge on any atom is 0.276 e. The van der Waals surface area contributed by atoms with Crippen LogP contribution in [0, 0.1) is 5.41 Å². The Labute approximate surface area is 190 Å². The monoisotopic (exact) mass is 438 g/mol. The Hall–Kier alpha value is -2.80. The highest BCUT2D eigenvalue weighted by Crippen LogP contribution is 2.39. The molecule has 0 saturated carbocycles. The second-order valence-electron chi connectivity index (χ2n) is 9.00. The van der Waals surface area contributed by atoms with E-state index < -0.39 is 6.10 Å². The van der Waals surface area contributed by atoms with E-state index in [1.54, 1.807) is 12.1 Å². The van der Waals surface area contributed by atoms with Gasteiger partial charge >= 0.3 is 0 Å². The molecule has 1 saturated heterocycles. The molecule has 0 spiro atoms. The number of nitrogens with zero attached hydrogens (tertiary/aromatic N) is 2. The lowest BCUT2D eigenvalue weighted by molar-refractivity contribution is -0.127. The van der Waals surface area contributed by atoms with Crippen molar-refractivity contribution in [3.63, 3.8) is 0 Å². The molecule has 1 aromatic carbocycles. The minimum atomic E-state index is -0.868. The highest BCUT2D eigenvalue weighted by atomic mass is 16.5. The van der Waals surface area contributed by atoms with E-state index in [4.69, 9.17) is 20.3 Å². The number of piperidine rings is 1. The van der Waals surface area contributed by atoms with Crippen molar-refractivity contribution >= 4 is 17.4 Å². The van der Waals surface area contributed by atoms with E-state index in [2.05, 4.69) is 18.7 Å². The van der Waals surface area contributed by atoms with Gasteiger partial charge in [-0.1, -0.05) is 25.0 Å². The molecule has 0 radical (unpaired) electrons. The molecule has 4 rings (SSSR count). The molecule has 3 atom stereocenters. The Kier molecular flexibility index (Phi) is 6.84. The standard InChI is InChI=1S/C25H34N4O3/c1-17-9-8-10-18(2)28(17)15-6-3-7-16-29-19-11-4-5-12-20(19)32-23(25(29)30)21-13-14-22(31-21)24(26)27/h4-5,11-14,17-18,23H,3,6-10,15-16H2,1-2H3,(H3,26,27)/t17-,18+,23?. The van der Waals surface area contributed by atoms with Crippen LogP contribution in [0.1, 0.15) is 70.0 Å². The number of nitrogens with two attached hydrogens (primary N) is 1. The number of nitrogens with one attached hydrogen (secondary N) is 1. The van der Waals surface area contributed by atoms with Crippen molar-refractivity contribution in [1.82, 2.24) is 4.90 Å². The summed E-state index contributed by atoms with van der Waals surface area (Å²) >= 11 is 0. The molecule has 1 unspecified atom stereocenters. The number of unbranched alkanes of at least 4 members (excludes halogenated alkanes) is 2. The number of benzene rings is 1. The number of fused-ring (bicyclic) bond motifs is 1. The second kappa shape index (κ2) is 9.77. The number of para-hydroxylation sites is 2. The number of amides is 1. The average Bonchev–Trinajstić information content (AvgIpc) is 3.27. The Bertz CT molecular complexity index is 946. The van der Waals surface area contributed by atoms with Crippen LogP contribution >= 0.6 is 0 Å². The Balaban J connectivity index is 1.39. The predicted octanol–water partition coefficient (Wildman–Crippen LogP) is 4.46. The number of rotatable bonds is 8. The van der Waals surface area contributed by atoms with Gasteiger partial charge in [0, 0.05) is 18.6 Å². The molecule has 2 aromatic rings. The van der Waals surface area contributed by atoms with Gasteiger partial charge in [0.05, 0.1) is 5.69 Å². The van der Waals surface area contributed by atoms with Crippen LogP contribution in [-0.2, 0) is 4.79 Å². The van der Waals surface area contributed by atoms with Crippen LogP contribution in [0.3, 0.4) is 0 Å². The van der Waals surface area contributed by atoms with Crippen molar-refractivity contribution < 1.29 is 13.9 Å². The minimum absolute atomic E-state index is 0.147. The van der Waals surface area contributed by atoms with Crippen molar-refractivity contribution in [2.24, 2.45) is 5.73 Å². The third-order valence-electron chi connectivity index (χ3n) is 6.72. The first-order chi connectivity index (χ1) is 15.5. The van der Waals surface area contributed by atoms with Crippen LogP contribution in [-0.4, -0.2) is 41.8 Å².